The standard InChI is InChI=1S/C17H18Cl2N2/c1-3-21(4-2)15-10-8-14(9-11-15)20-12-13-6-5-7-16(18)17(13)19/h5-12H,3-4H2,1-2H3. The number of halogens is 2. The summed E-state index contributed by atoms with van der Waals surface area (Å²) in [7, 11) is 0. The first-order valence-electron chi connectivity index (χ1n) is 6.98. The lowest BCUT2D eigenvalue weighted by atomic mass is 10.2. The first-order valence-corrected chi connectivity index (χ1v) is 7.74. The monoisotopic (exact) mass is 320 g/mol. The summed E-state index contributed by atoms with van der Waals surface area (Å²) in [5.74, 6) is 0. The molecule has 2 aromatic rings. The van der Waals surface area contributed by atoms with Crippen LogP contribution < -0.4 is 4.90 Å². The van der Waals surface area contributed by atoms with Crippen LogP contribution in [0.4, 0.5) is 11.4 Å². The van der Waals surface area contributed by atoms with Gasteiger partial charge < -0.3 is 4.90 Å². The number of hydrogen-bond donors (Lipinski definition) is 0. The van der Waals surface area contributed by atoms with Gasteiger partial charge in [-0.1, -0.05) is 35.3 Å². The fourth-order valence-electron chi connectivity index (χ4n) is 2.10. The summed E-state index contributed by atoms with van der Waals surface area (Å²) in [6, 6.07) is 13.7. The van der Waals surface area contributed by atoms with Gasteiger partial charge in [-0.2, -0.15) is 0 Å². The van der Waals surface area contributed by atoms with E-state index >= 15 is 0 Å². The van der Waals surface area contributed by atoms with E-state index < -0.39 is 0 Å². The Labute approximate surface area is 136 Å². The molecular formula is C17H18Cl2N2. The van der Waals surface area contributed by atoms with E-state index in [1.165, 1.54) is 5.69 Å². The molecule has 0 atom stereocenters. The Bertz CT molecular complexity index is 617. The number of aliphatic imine (C=N–C) groups is 1. The van der Waals surface area contributed by atoms with Crippen LogP contribution in [0.2, 0.25) is 10.0 Å². The average Bonchev–Trinajstić information content (AvgIpc) is 2.51. The third kappa shape index (κ3) is 3.99. The Morgan fingerprint density at radius 3 is 2.29 bits per heavy atom. The van der Waals surface area contributed by atoms with E-state index in [0.717, 1.165) is 24.3 Å². The lowest BCUT2D eigenvalue weighted by Crippen LogP contribution is -2.21. The molecule has 0 aliphatic heterocycles. The summed E-state index contributed by atoms with van der Waals surface area (Å²) in [6.07, 6.45) is 1.74. The van der Waals surface area contributed by atoms with E-state index in [0.29, 0.717) is 10.0 Å². The Hall–Kier alpha value is -1.51. The maximum absolute atomic E-state index is 6.13. The van der Waals surface area contributed by atoms with Gasteiger partial charge in [0, 0.05) is 30.6 Å². The van der Waals surface area contributed by atoms with Crippen molar-refractivity contribution < 1.29 is 0 Å². The zero-order chi connectivity index (χ0) is 15.2. The molecule has 0 aliphatic carbocycles. The minimum atomic E-state index is 0.530. The maximum atomic E-state index is 6.13. The highest BCUT2D eigenvalue weighted by Crippen LogP contribution is 2.25. The van der Waals surface area contributed by atoms with Gasteiger partial charge in [-0.25, -0.2) is 0 Å². The third-order valence-corrected chi connectivity index (χ3v) is 4.15. The summed E-state index contributed by atoms with van der Waals surface area (Å²) < 4.78 is 0. The minimum absolute atomic E-state index is 0.530. The van der Waals surface area contributed by atoms with Crippen LogP contribution in [-0.2, 0) is 0 Å². The van der Waals surface area contributed by atoms with Crippen molar-refractivity contribution in [3.63, 3.8) is 0 Å². The van der Waals surface area contributed by atoms with Gasteiger partial charge in [0.1, 0.15) is 0 Å². The average molecular weight is 321 g/mol. The topological polar surface area (TPSA) is 15.6 Å². The van der Waals surface area contributed by atoms with Gasteiger partial charge in [0.2, 0.25) is 0 Å². The highest BCUT2D eigenvalue weighted by atomic mass is 35.5. The van der Waals surface area contributed by atoms with Crippen molar-refractivity contribution in [2.24, 2.45) is 4.99 Å². The molecule has 0 unspecified atom stereocenters. The van der Waals surface area contributed by atoms with E-state index in [4.69, 9.17) is 23.2 Å². The molecule has 0 amide bonds. The first-order chi connectivity index (χ1) is 10.2. The largest absolute Gasteiger partial charge is 0.372 e. The van der Waals surface area contributed by atoms with Gasteiger partial charge in [0.25, 0.3) is 0 Å². The van der Waals surface area contributed by atoms with Crippen LogP contribution in [0.1, 0.15) is 19.4 Å². The predicted octanol–water partition coefficient (Wildman–Crippen LogP) is 5.59. The molecule has 2 aromatic carbocycles. The molecule has 2 nitrogen and oxygen atoms in total. The van der Waals surface area contributed by atoms with Crippen LogP contribution in [-0.4, -0.2) is 19.3 Å². The minimum Gasteiger partial charge on any atom is -0.372 e. The van der Waals surface area contributed by atoms with Gasteiger partial charge in [-0.15, -0.1) is 0 Å². The summed E-state index contributed by atoms with van der Waals surface area (Å²) in [5, 5.41) is 1.07. The zero-order valence-electron chi connectivity index (χ0n) is 12.2. The number of nitrogens with zero attached hydrogens (tertiary/aromatic N) is 2. The van der Waals surface area contributed by atoms with Crippen molar-refractivity contribution in [2.75, 3.05) is 18.0 Å². The summed E-state index contributed by atoms with van der Waals surface area (Å²) in [5.41, 5.74) is 2.92. The highest BCUT2D eigenvalue weighted by molar-refractivity contribution is 6.43. The predicted molar refractivity (Wildman–Crippen MR) is 93.7 cm³/mol. The molecule has 2 rings (SSSR count). The Balaban J connectivity index is 2.16. The maximum Gasteiger partial charge on any atom is 0.0680 e. The van der Waals surface area contributed by atoms with Crippen molar-refractivity contribution in [1.82, 2.24) is 0 Å². The second-order valence-electron chi connectivity index (χ2n) is 4.59. The number of anilines is 1. The molecule has 0 heterocycles. The normalized spacial score (nSPS) is 11.0. The molecule has 0 aliphatic rings. The molecular weight excluding hydrogens is 303 g/mol. The molecule has 0 aromatic heterocycles. The second kappa shape index (κ2) is 7.48. The lowest BCUT2D eigenvalue weighted by molar-refractivity contribution is 0.866. The molecule has 110 valence electrons. The van der Waals surface area contributed by atoms with Gasteiger partial charge in [0.05, 0.1) is 15.7 Å². The molecule has 0 saturated carbocycles. The van der Waals surface area contributed by atoms with Crippen LogP contribution in [0, 0.1) is 0 Å². The van der Waals surface area contributed by atoms with Crippen molar-refractivity contribution in [1.29, 1.82) is 0 Å². The molecule has 0 spiro atoms. The van der Waals surface area contributed by atoms with Crippen LogP contribution in [0.15, 0.2) is 47.5 Å². The lowest BCUT2D eigenvalue weighted by Gasteiger charge is -2.20. The zero-order valence-corrected chi connectivity index (χ0v) is 13.7. The quantitative estimate of drug-likeness (QED) is 0.655. The smallest absolute Gasteiger partial charge is 0.0680 e. The van der Waals surface area contributed by atoms with E-state index in [9.17, 15) is 0 Å². The fourth-order valence-corrected chi connectivity index (χ4v) is 2.46. The molecule has 0 fully saturated rings. The number of benzene rings is 2. The highest BCUT2D eigenvalue weighted by Gasteiger charge is 2.02. The number of hydrogen-bond acceptors (Lipinski definition) is 2. The Kier molecular flexibility index (Phi) is 5.66. The van der Waals surface area contributed by atoms with Crippen molar-refractivity contribution in [3.05, 3.63) is 58.1 Å². The number of rotatable bonds is 5. The molecule has 0 radical (unpaired) electrons. The SMILES string of the molecule is CCN(CC)c1ccc(N=Cc2cccc(Cl)c2Cl)cc1. The van der Waals surface area contributed by atoms with Crippen LogP contribution >= 0.6 is 23.2 Å². The van der Waals surface area contributed by atoms with Crippen LogP contribution in [0.3, 0.4) is 0 Å². The van der Waals surface area contributed by atoms with Gasteiger partial charge in [0.15, 0.2) is 0 Å². The van der Waals surface area contributed by atoms with Gasteiger partial charge >= 0.3 is 0 Å². The van der Waals surface area contributed by atoms with Crippen molar-refractivity contribution in [3.8, 4) is 0 Å². The Morgan fingerprint density at radius 2 is 1.67 bits per heavy atom. The Morgan fingerprint density at radius 1 is 1.00 bits per heavy atom. The van der Waals surface area contributed by atoms with E-state index in [-0.39, 0.29) is 0 Å². The van der Waals surface area contributed by atoms with Crippen molar-refractivity contribution in [2.45, 2.75) is 13.8 Å². The molecule has 0 bridgehead atoms. The summed E-state index contributed by atoms with van der Waals surface area (Å²) in [6.45, 7) is 6.29. The van der Waals surface area contributed by atoms with Gasteiger partial charge in [-0.05, 0) is 44.2 Å². The van der Waals surface area contributed by atoms with E-state index in [1.807, 2.05) is 24.3 Å². The summed E-state index contributed by atoms with van der Waals surface area (Å²) >= 11 is 12.1. The fraction of sp³-hybridized carbons (Fsp3) is 0.235. The van der Waals surface area contributed by atoms with Gasteiger partial charge in [-0.3, -0.25) is 4.99 Å². The molecule has 4 heteroatoms. The van der Waals surface area contributed by atoms with Crippen LogP contribution in [0.5, 0.6) is 0 Å². The molecule has 0 N–H and O–H groups in total. The third-order valence-electron chi connectivity index (χ3n) is 3.31. The van der Waals surface area contributed by atoms with Crippen LogP contribution in [0.25, 0.3) is 0 Å². The van der Waals surface area contributed by atoms with Crippen molar-refractivity contribution >= 4 is 40.8 Å². The molecule has 0 saturated heterocycles. The molecule has 21 heavy (non-hydrogen) atoms. The second-order valence-corrected chi connectivity index (χ2v) is 5.38. The van der Waals surface area contributed by atoms with E-state index in [2.05, 4.69) is 35.9 Å². The van der Waals surface area contributed by atoms with E-state index in [1.54, 1.807) is 12.3 Å². The summed E-state index contributed by atoms with van der Waals surface area (Å²) in [4.78, 5) is 6.74. The first kappa shape index (κ1) is 15.9.